The van der Waals surface area contributed by atoms with Gasteiger partial charge in [0.1, 0.15) is 0 Å². The van der Waals surface area contributed by atoms with Gasteiger partial charge in [0.25, 0.3) is 0 Å². The molecule has 22 heavy (non-hydrogen) atoms. The number of nitrogens with zero attached hydrogens (tertiary/aromatic N) is 2. The first-order valence-corrected chi connectivity index (χ1v) is 7.97. The number of hydrogen-bond acceptors (Lipinski definition) is 3. The molecule has 0 spiro atoms. The Morgan fingerprint density at radius 1 is 1.09 bits per heavy atom. The molecule has 5 heteroatoms. The van der Waals surface area contributed by atoms with Crippen molar-refractivity contribution in [2.45, 2.75) is 19.3 Å². The quantitative estimate of drug-likeness (QED) is 0.395. The van der Waals surface area contributed by atoms with Crippen molar-refractivity contribution in [3.8, 4) is 0 Å². The van der Waals surface area contributed by atoms with E-state index in [1.54, 1.807) is 14.2 Å². The Balaban J connectivity index is 2.08. The predicted molar refractivity (Wildman–Crippen MR) is 94.8 cm³/mol. The largest absolute Gasteiger partial charge is 0.385 e. The summed E-state index contributed by atoms with van der Waals surface area (Å²) in [6.07, 6.45) is 3.26. The van der Waals surface area contributed by atoms with E-state index >= 15 is 0 Å². The van der Waals surface area contributed by atoms with Crippen molar-refractivity contribution in [1.82, 2.24) is 10.6 Å². The third kappa shape index (κ3) is 7.88. The molecule has 1 aromatic rings. The van der Waals surface area contributed by atoms with Gasteiger partial charge < -0.3 is 20.3 Å². The second kappa shape index (κ2) is 11.9. The van der Waals surface area contributed by atoms with Gasteiger partial charge in [0.15, 0.2) is 5.96 Å². The van der Waals surface area contributed by atoms with Crippen LogP contribution < -0.4 is 15.5 Å². The van der Waals surface area contributed by atoms with Crippen LogP contribution in [0.4, 0.5) is 5.69 Å². The van der Waals surface area contributed by atoms with Crippen LogP contribution in [0.5, 0.6) is 0 Å². The first-order chi connectivity index (χ1) is 10.8. The topological polar surface area (TPSA) is 48.9 Å². The van der Waals surface area contributed by atoms with Crippen molar-refractivity contribution in [2.75, 3.05) is 52.3 Å². The van der Waals surface area contributed by atoms with Gasteiger partial charge in [0.05, 0.1) is 0 Å². The third-order valence-electron chi connectivity index (χ3n) is 3.45. The molecule has 0 unspecified atom stereocenters. The van der Waals surface area contributed by atoms with Crippen LogP contribution in [0.2, 0.25) is 0 Å². The lowest BCUT2D eigenvalue weighted by Crippen LogP contribution is -2.38. The Labute approximate surface area is 134 Å². The molecule has 0 saturated carbocycles. The molecule has 5 nitrogen and oxygen atoms in total. The Hall–Kier alpha value is -1.75. The second-order valence-corrected chi connectivity index (χ2v) is 5.24. The van der Waals surface area contributed by atoms with Gasteiger partial charge in [-0.2, -0.15) is 0 Å². The first kappa shape index (κ1) is 18.3. The van der Waals surface area contributed by atoms with E-state index in [1.165, 1.54) is 5.69 Å². The average molecular weight is 306 g/mol. The highest BCUT2D eigenvalue weighted by Crippen LogP contribution is 2.11. The number of anilines is 1. The Morgan fingerprint density at radius 2 is 1.77 bits per heavy atom. The zero-order valence-corrected chi connectivity index (χ0v) is 14.1. The maximum atomic E-state index is 5.02. The standard InChI is InChI=1S/C17H30N4O/c1-18-17(20-13-9-15-22-3)19-12-7-8-14-21(2)16-10-5-4-6-11-16/h4-6,10-11H,7-9,12-15H2,1-3H3,(H2,18,19,20). The van der Waals surface area contributed by atoms with Crippen LogP contribution in [-0.4, -0.2) is 53.4 Å². The number of methoxy groups -OCH3 is 1. The lowest BCUT2D eigenvalue weighted by atomic mass is 10.2. The molecule has 0 saturated heterocycles. The lowest BCUT2D eigenvalue weighted by molar-refractivity contribution is 0.195. The van der Waals surface area contributed by atoms with Gasteiger partial charge >= 0.3 is 0 Å². The summed E-state index contributed by atoms with van der Waals surface area (Å²) in [5, 5.41) is 6.62. The molecule has 2 N–H and O–H groups in total. The molecule has 0 bridgehead atoms. The van der Waals surface area contributed by atoms with Crippen LogP contribution >= 0.6 is 0 Å². The first-order valence-electron chi connectivity index (χ1n) is 7.97. The van der Waals surface area contributed by atoms with E-state index in [2.05, 4.69) is 51.8 Å². The highest BCUT2D eigenvalue weighted by atomic mass is 16.5. The Morgan fingerprint density at radius 3 is 2.41 bits per heavy atom. The van der Waals surface area contributed by atoms with Gasteiger partial charge in [0, 0.05) is 53.1 Å². The monoisotopic (exact) mass is 306 g/mol. The summed E-state index contributed by atoms with van der Waals surface area (Å²) in [6, 6.07) is 10.5. The number of benzene rings is 1. The Bertz CT molecular complexity index is 408. The fourth-order valence-corrected chi connectivity index (χ4v) is 2.14. The normalized spacial score (nSPS) is 11.3. The zero-order valence-electron chi connectivity index (χ0n) is 14.1. The van der Waals surface area contributed by atoms with Crippen molar-refractivity contribution in [3.05, 3.63) is 30.3 Å². The summed E-state index contributed by atoms with van der Waals surface area (Å²) in [4.78, 5) is 6.50. The van der Waals surface area contributed by atoms with Crippen LogP contribution in [-0.2, 0) is 4.74 Å². The number of para-hydroxylation sites is 1. The number of ether oxygens (including phenoxy) is 1. The number of rotatable bonds is 10. The molecular weight excluding hydrogens is 276 g/mol. The summed E-state index contributed by atoms with van der Waals surface area (Å²) in [6.45, 7) is 3.65. The summed E-state index contributed by atoms with van der Waals surface area (Å²) < 4.78 is 5.02. The second-order valence-electron chi connectivity index (χ2n) is 5.24. The van der Waals surface area contributed by atoms with Gasteiger partial charge in [-0.1, -0.05) is 18.2 Å². The summed E-state index contributed by atoms with van der Waals surface area (Å²) in [5.41, 5.74) is 1.27. The maximum absolute atomic E-state index is 5.02. The molecule has 0 aliphatic heterocycles. The number of aliphatic imine (C=N–C) groups is 1. The molecule has 0 atom stereocenters. The third-order valence-corrected chi connectivity index (χ3v) is 3.45. The van der Waals surface area contributed by atoms with E-state index in [9.17, 15) is 0 Å². The van der Waals surface area contributed by atoms with E-state index in [1.807, 2.05) is 6.07 Å². The maximum Gasteiger partial charge on any atom is 0.190 e. The molecule has 0 radical (unpaired) electrons. The molecule has 0 aromatic heterocycles. The van der Waals surface area contributed by atoms with Crippen LogP contribution in [0.25, 0.3) is 0 Å². The lowest BCUT2D eigenvalue weighted by Gasteiger charge is -2.19. The highest BCUT2D eigenvalue weighted by molar-refractivity contribution is 5.79. The van der Waals surface area contributed by atoms with E-state index < -0.39 is 0 Å². The van der Waals surface area contributed by atoms with Crippen LogP contribution in [0.3, 0.4) is 0 Å². The molecule has 0 amide bonds. The highest BCUT2D eigenvalue weighted by Gasteiger charge is 2.00. The van der Waals surface area contributed by atoms with Crippen LogP contribution in [0.15, 0.2) is 35.3 Å². The minimum atomic E-state index is 0.774. The minimum Gasteiger partial charge on any atom is -0.385 e. The number of hydrogen-bond donors (Lipinski definition) is 2. The van der Waals surface area contributed by atoms with Crippen molar-refractivity contribution in [2.24, 2.45) is 4.99 Å². The van der Waals surface area contributed by atoms with Crippen molar-refractivity contribution < 1.29 is 4.74 Å². The van der Waals surface area contributed by atoms with E-state index in [0.717, 1.165) is 51.5 Å². The number of unbranched alkanes of at least 4 members (excludes halogenated alkanes) is 1. The summed E-state index contributed by atoms with van der Waals surface area (Å²) >= 11 is 0. The number of guanidine groups is 1. The molecule has 1 aromatic carbocycles. The predicted octanol–water partition coefficient (Wildman–Crippen LogP) is 2.10. The van der Waals surface area contributed by atoms with Crippen LogP contribution in [0, 0.1) is 0 Å². The van der Waals surface area contributed by atoms with Gasteiger partial charge in [-0.05, 0) is 31.4 Å². The van der Waals surface area contributed by atoms with E-state index in [0.29, 0.717) is 0 Å². The van der Waals surface area contributed by atoms with E-state index in [4.69, 9.17) is 4.74 Å². The molecular formula is C17H30N4O. The SMILES string of the molecule is CN=C(NCCCCN(C)c1ccccc1)NCCCOC. The van der Waals surface area contributed by atoms with Gasteiger partial charge in [0.2, 0.25) is 0 Å². The minimum absolute atomic E-state index is 0.774. The molecule has 0 aliphatic carbocycles. The zero-order chi connectivity index (χ0) is 16.0. The smallest absolute Gasteiger partial charge is 0.190 e. The molecule has 0 fully saturated rings. The van der Waals surface area contributed by atoms with Crippen LogP contribution in [0.1, 0.15) is 19.3 Å². The van der Waals surface area contributed by atoms with E-state index in [-0.39, 0.29) is 0 Å². The van der Waals surface area contributed by atoms with Gasteiger partial charge in [-0.25, -0.2) is 0 Å². The van der Waals surface area contributed by atoms with Gasteiger partial charge in [-0.15, -0.1) is 0 Å². The van der Waals surface area contributed by atoms with Gasteiger partial charge in [-0.3, -0.25) is 4.99 Å². The van der Waals surface area contributed by atoms with Crippen molar-refractivity contribution >= 4 is 11.6 Å². The van der Waals surface area contributed by atoms with Crippen molar-refractivity contribution in [1.29, 1.82) is 0 Å². The summed E-state index contributed by atoms with van der Waals surface area (Å²) in [5.74, 6) is 0.868. The fraction of sp³-hybridized carbons (Fsp3) is 0.588. The average Bonchev–Trinajstić information content (AvgIpc) is 2.57. The molecule has 124 valence electrons. The summed E-state index contributed by atoms with van der Waals surface area (Å²) in [7, 11) is 5.66. The number of nitrogens with one attached hydrogen (secondary N) is 2. The molecule has 1 rings (SSSR count). The fourth-order valence-electron chi connectivity index (χ4n) is 2.14. The van der Waals surface area contributed by atoms with Crippen molar-refractivity contribution in [3.63, 3.8) is 0 Å². The Kier molecular flexibility index (Phi) is 9.87. The molecule has 0 heterocycles. The molecule has 0 aliphatic rings.